The SMILES string of the molecule is CO[C@](C)(C(=O)N1N=C(c2cc(F)ccc2F)SC1(CCCN)c1cccc(Cl)c1)c1cccc(Cl)c1. The Balaban J connectivity index is 1.94. The molecule has 0 saturated heterocycles. The number of carbonyl (C=O) groups excluding carboxylic acids is 1. The molecule has 3 aromatic rings. The number of methoxy groups -OCH3 is 1. The van der Waals surface area contributed by atoms with Crippen LogP contribution in [-0.2, 0) is 20.0 Å². The molecule has 0 saturated carbocycles. The number of hydrogen-bond donors (Lipinski definition) is 1. The van der Waals surface area contributed by atoms with E-state index in [9.17, 15) is 13.6 Å². The summed E-state index contributed by atoms with van der Waals surface area (Å²) in [5, 5.41) is 6.92. The van der Waals surface area contributed by atoms with Gasteiger partial charge in [0.05, 0.1) is 0 Å². The minimum Gasteiger partial charge on any atom is -0.364 e. The van der Waals surface area contributed by atoms with Gasteiger partial charge in [0.2, 0.25) is 0 Å². The Labute approximate surface area is 228 Å². The lowest BCUT2D eigenvalue weighted by atomic mass is 9.92. The number of amides is 1. The number of halogens is 4. The van der Waals surface area contributed by atoms with Gasteiger partial charge >= 0.3 is 0 Å². The molecule has 0 aromatic heterocycles. The molecule has 1 heterocycles. The topological polar surface area (TPSA) is 67.9 Å². The molecule has 2 N–H and O–H groups in total. The Morgan fingerprint density at radius 3 is 2.46 bits per heavy atom. The van der Waals surface area contributed by atoms with E-state index in [1.165, 1.54) is 12.1 Å². The van der Waals surface area contributed by atoms with Crippen LogP contribution in [0.2, 0.25) is 10.0 Å². The third-order valence-electron chi connectivity index (χ3n) is 6.34. The van der Waals surface area contributed by atoms with Gasteiger partial charge in [-0.2, -0.15) is 5.10 Å². The molecule has 3 aromatic carbocycles. The Bertz CT molecular complexity index is 1360. The van der Waals surface area contributed by atoms with Gasteiger partial charge in [0.1, 0.15) is 21.5 Å². The van der Waals surface area contributed by atoms with E-state index in [-0.39, 0.29) is 10.6 Å². The van der Waals surface area contributed by atoms with Crippen molar-refractivity contribution >= 4 is 45.9 Å². The van der Waals surface area contributed by atoms with Crippen LogP contribution in [-0.4, -0.2) is 29.6 Å². The monoisotopic (exact) mass is 563 g/mol. The lowest BCUT2D eigenvalue weighted by molar-refractivity contribution is -0.158. The number of benzene rings is 3. The third-order valence-corrected chi connectivity index (χ3v) is 8.25. The Kier molecular flexibility index (Phi) is 8.26. The Hall–Kier alpha value is -2.49. The van der Waals surface area contributed by atoms with Gasteiger partial charge < -0.3 is 10.5 Å². The van der Waals surface area contributed by atoms with Gasteiger partial charge in [-0.1, -0.05) is 59.2 Å². The Morgan fingerprint density at radius 1 is 1.11 bits per heavy atom. The van der Waals surface area contributed by atoms with Crippen molar-refractivity contribution in [1.29, 1.82) is 0 Å². The summed E-state index contributed by atoms with van der Waals surface area (Å²) < 4.78 is 34.8. The van der Waals surface area contributed by atoms with Crippen molar-refractivity contribution in [2.24, 2.45) is 10.8 Å². The van der Waals surface area contributed by atoms with E-state index < -0.39 is 28.0 Å². The largest absolute Gasteiger partial charge is 0.364 e. The molecule has 10 heteroatoms. The van der Waals surface area contributed by atoms with E-state index in [0.29, 0.717) is 40.6 Å². The predicted octanol–water partition coefficient (Wildman–Crippen LogP) is 6.66. The molecule has 0 aliphatic carbocycles. The first-order valence-electron chi connectivity index (χ1n) is 11.5. The number of thioether (sulfide) groups is 1. The van der Waals surface area contributed by atoms with Gasteiger partial charge in [0, 0.05) is 22.7 Å². The van der Waals surface area contributed by atoms with Gasteiger partial charge in [-0.25, -0.2) is 13.8 Å². The molecular formula is C27H25Cl2F2N3O2S. The van der Waals surface area contributed by atoms with Crippen molar-refractivity contribution in [3.05, 3.63) is 105 Å². The maximum Gasteiger partial charge on any atom is 0.280 e. The van der Waals surface area contributed by atoms with Gasteiger partial charge in [0.15, 0.2) is 5.60 Å². The van der Waals surface area contributed by atoms with Gasteiger partial charge in [-0.05, 0) is 79.9 Å². The fraction of sp³-hybridized carbons (Fsp3) is 0.259. The normalized spacial score (nSPS) is 19.0. The van der Waals surface area contributed by atoms with Crippen LogP contribution >= 0.6 is 35.0 Å². The van der Waals surface area contributed by atoms with E-state index in [1.54, 1.807) is 49.4 Å². The molecule has 0 spiro atoms. The number of ether oxygens (including phenoxy) is 1. The zero-order valence-corrected chi connectivity index (χ0v) is 22.5. The maximum atomic E-state index is 14.9. The summed E-state index contributed by atoms with van der Waals surface area (Å²) in [6.45, 7) is 1.96. The summed E-state index contributed by atoms with van der Waals surface area (Å²) in [5.41, 5.74) is 5.49. The molecule has 0 fully saturated rings. The van der Waals surface area contributed by atoms with E-state index >= 15 is 0 Å². The lowest BCUT2D eigenvalue weighted by Crippen LogP contribution is -2.50. The number of rotatable bonds is 8. The highest BCUT2D eigenvalue weighted by atomic mass is 35.5. The fourth-order valence-corrected chi connectivity index (χ4v) is 6.04. The van der Waals surface area contributed by atoms with Gasteiger partial charge in [-0.3, -0.25) is 4.79 Å². The number of carbonyl (C=O) groups is 1. The van der Waals surface area contributed by atoms with Crippen LogP contribution in [0, 0.1) is 11.6 Å². The van der Waals surface area contributed by atoms with Crippen molar-refractivity contribution in [2.75, 3.05) is 13.7 Å². The van der Waals surface area contributed by atoms with Crippen LogP contribution in [0.5, 0.6) is 0 Å². The fourth-order valence-electron chi connectivity index (χ4n) is 4.25. The Morgan fingerprint density at radius 2 is 1.81 bits per heavy atom. The highest BCUT2D eigenvalue weighted by molar-refractivity contribution is 8.15. The zero-order chi connectivity index (χ0) is 26.8. The summed E-state index contributed by atoms with van der Waals surface area (Å²) in [6, 6.07) is 16.9. The van der Waals surface area contributed by atoms with E-state index in [0.717, 1.165) is 30.0 Å². The van der Waals surface area contributed by atoms with Gasteiger partial charge in [0.25, 0.3) is 5.91 Å². The second-order valence-corrected chi connectivity index (χ2v) is 10.8. The second-order valence-electron chi connectivity index (χ2n) is 8.68. The predicted molar refractivity (Wildman–Crippen MR) is 145 cm³/mol. The summed E-state index contributed by atoms with van der Waals surface area (Å²) >= 11 is 13.7. The first-order valence-corrected chi connectivity index (χ1v) is 13.1. The van der Waals surface area contributed by atoms with Crippen LogP contribution in [0.15, 0.2) is 71.8 Å². The van der Waals surface area contributed by atoms with Crippen LogP contribution in [0.25, 0.3) is 0 Å². The van der Waals surface area contributed by atoms with Gasteiger partial charge in [-0.15, -0.1) is 0 Å². The number of hydrazone groups is 1. The molecule has 1 aliphatic heterocycles. The molecular weight excluding hydrogens is 539 g/mol. The molecule has 1 amide bonds. The average Bonchev–Trinajstić information content (AvgIpc) is 3.28. The summed E-state index contributed by atoms with van der Waals surface area (Å²) in [5.74, 6) is -1.81. The van der Waals surface area contributed by atoms with Crippen LogP contribution < -0.4 is 5.73 Å². The van der Waals surface area contributed by atoms with Crippen molar-refractivity contribution in [3.8, 4) is 0 Å². The average molecular weight is 564 g/mol. The van der Waals surface area contributed by atoms with E-state index in [4.69, 9.17) is 33.7 Å². The number of nitrogens with zero attached hydrogens (tertiary/aromatic N) is 2. The molecule has 4 rings (SSSR count). The highest BCUT2D eigenvalue weighted by Gasteiger charge is 2.53. The zero-order valence-electron chi connectivity index (χ0n) is 20.2. The molecule has 1 aliphatic rings. The molecule has 2 atom stereocenters. The van der Waals surface area contributed by atoms with E-state index in [2.05, 4.69) is 5.10 Å². The second kappa shape index (κ2) is 11.1. The van der Waals surface area contributed by atoms with Crippen molar-refractivity contribution in [1.82, 2.24) is 5.01 Å². The molecule has 5 nitrogen and oxygen atoms in total. The molecule has 194 valence electrons. The summed E-state index contributed by atoms with van der Waals surface area (Å²) in [6.07, 6.45) is 0.873. The minimum atomic E-state index is -1.50. The number of hydrogen-bond acceptors (Lipinski definition) is 5. The summed E-state index contributed by atoms with van der Waals surface area (Å²) in [4.78, 5) is 13.2. The van der Waals surface area contributed by atoms with Crippen LogP contribution in [0.1, 0.15) is 36.5 Å². The molecule has 37 heavy (non-hydrogen) atoms. The first kappa shape index (κ1) is 27.5. The van der Waals surface area contributed by atoms with Crippen molar-refractivity contribution in [2.45, 2.75) is 30.2 Å². The molecule has 0 bridgehead atoms. The summed E-state index contributed by atoms with van der Waals surface area (Å²) in [7, 11) is 1.42. The molecule has 1 unspecified atom stereocenters. The highest BCUT2D eigenvalue weighted by Crippen LogP contribution is 2.52. The van der Waals surface area contributed by atoms with Crippen LogP contribution in [0.4, 0.5) is 8.78 Å². The maximum absolute atomic E-state index is 14.9. The van der Waals surface area contributed by atoms with E-state index in [1.807, 2.05) is 6.07 Å². The standard InChI is InChI=1S/C27H25Cl2F2N3O2S/c1-26(36-2,17-6-3-8-19(28)14-17)25(35)34-27(12-5-13-32,18-7-4-9-20(29)15-18)37-24(33-34)22-16-21(30)10-11-23(22)31/h3-4,6-11,14-16H,5,12-13,32H2,1-2H3/t26-,27?/m0/s1. The quantitative estimate of drug-likeness (QED) is 0.332. The van der Waals surface area contributed by atoms with Crippen molar-refractivity contribution in [3.63, 3.8) is 0 Å². The van der Waals surface area contributed by atoms with Crippen LogP contribution in [0.3, 0.4) is 0 Å². The molecule has 0 radical (unpaired) electrons. The minimum absolute atomic E-state index is 0.0543. The third kappa shape index (κ3) is 5.26. The smallest absolute Gasteiger partial charge is 0.280 e. The lowest BCUT2D eigenvalue weighted by Gasteiger charge is -2.40. The van der Waals surface area contributed by atoms with Crippen molar-refractivity contribution < 1.29 is 18.3 Å². The number of nitrogens with two attached hydrogens (primary N) is 1. The first-order chi connectivity index (χ1) is 17.6.